The Labute approximate surface area is 195 Å². The van der Waals surface area contributed by atoms with Gasteiger partial charge in [-0.2, -0.15) is 5.10 Å². The summed E-state index contributed by atoms with van der Waals surface area (Å²) < 4.78 is 1.25. The fourth-order valence-electron chi connectivity index (χ4n) is 3.72. The number of benzene rings is 3. The molecule has 0 saturated carbocycles. The Kier molecular flexibility index (Phi) is 6.31. The van der Waals surface area contributed by atoms with Gasteiger partial charge in [0.25, 0.3) is 17.2 Å². The number of non-ortho nitro benzene ring substituents is 1. The molecule has 4 aromatic rings. The standard InChI is InChI=1S/C26H22N4O4/c1-3-29-26(32)23(25(31)27-21-16-20(30(33)34)15-14-17(21)2)22(18-10-6-4-7-11-18)24(28-29)19-12-8-5-9-13-19/h4-16H,3H2,1-2H3,(H,27,31). The second-order valence-electron chi connectivity index (χ2n) is 7.66. The first kappa shape index (κ1) is 22.6. The van der Waals surface area contributed by atoms with Crippen LogP contribution in [0.3, 0.4) is 0 Å². The van der Waals surface area contributed by atoms with Crippen LogP contribution in [-0.4, -0.2) is 20.6 Å². The fraction of sp³-hybridized carbons (Fsp3) is 0.115. The lowest BCUT2D eigenvalue weighted by atomic mass is 9.95. The quantitative estimate of drug-likeness (QED) is 0.323. The Morgan fingerprint density at radius 2 is 1.62 bits per heavy atom. The molecule has 0 radical (unpaired) electrons. The van der Waals surface area contributed by atoms with Crippen molar-refractivity contribution in [2.45, 2.75) is 20.4 Å². The summed E-state index contributed by atoms with van der Waals surface area (Å²) in [5.74, 6) is -0.658. The number of hydrogen-bond acceptors (Lipinski definition) is 5. The largest absolute Gasteiger partial charge is 0.321 e. The summed E-state index contributed by atoms with van der Waals surface area (Å²) in [4.78, 5) is 37.7. The number of aromatic nitrogens is 2. The molecule has 0 atom stereocenters. The number of nitrogens with zero attached hydrogens (tertiary/aromatic N) is 3. The second kappa shape index (κ2) is 9.50. The van der Waals surface area contributed by atoms with Gasteiger partial charge in [-0.3, -0.25) is 19.7 Å². The van der Waals surface area contributed by atoms with E-state index in [1.54, 1.807) is 19.9 Å². The maximum absolute atomic E-state index is 13.6. The predicted molar refractivity (Wildman–Crippen MR) is 131 cm³/mol. The Bertz CT molecular complexity index is 1430. The highest BCUT2D eigenvalue weighted by molar-refractivity contribution is 6.10. The average molecular weight is 454 g/mol. The van der Waals surface area contributed by atoms with E-state index in [2.05, 4.69) is 10.4 Å². The molecular formula is C26H22N4O4. The predicted octanol–water partition coefficient (Wildman–Crippen LogP) is 5.07. The molecule has 0 aliphatic heterocycles. The number of anilines is 1. The minimum Gasteiger partial charge on any atom is -0.321 e. The normalized spacial score (nSPS) is 10.6. The number of nitrogens with one attached hydrogen (secondary N) is 1. The van der Waals surface area contributed by atoms with Crippen LogP contribution in [0, 0.1) is 17.0 Å². The van der Waals surface area contributed by atoms with E-state index in [1.165, 1.54) is 16.8 Å². The van der Waals surface area contributed by atoms with Gasteiger partial charge in [0.1, 0.15) is 5.56 Å². The van der Waals surface area contributed by atoms with Gasteiger partial charge in [-0.15, -0.1) is 0 Å². The van der Waals surface area contributed by atoms with Gasteiger partial charge in [0, 0.05) is 29.8 Å². The molecule has 1 N–H and O–H groups in total. The van der Waals surface area contributed by atoms with Crippen molar-refractivity contribution in [3.05, 3.63) is 110 Å². The molecule has 1 amide bonds. The Hall–Kier alpha value is -4.59. The topological polar surface area (TPSA) is 107 Å². The van der Waals surface area contributed by atoms with Crippen LogP contribution in [-0.2, 0) is 6.54 Å². The van der Waals surface area contributed by atoms with Crippen molar-refractivity contribution in [1.29, 1.82) is 0 Å². The Balaban J connectivity index is 1.96. The van der Waals surface area contributed by atoms with E-state index in [1.807, 2.05) is 60.7 Å². The van der Waals surface area contributed by atoms with Crippen LogP contribution in [0.25, 0.3) is 22.4 Å². The zero-order valence-corrected chi connectivity index (χ0v) is 18.7. The van der Waals surface area contributed by atoms with Crippen LogP contribution >= 0.6 is 0 Å². The third-order valence-corrected chi connectivity index (χ3v) is 5.47. The van der Waals surface area contributed by atoms with Crippen molar-refractivity contribution in [2.75, 3.05) is 5.32 Å². The van der Waals surface area contributed by atoms with Crippen molar-refractivity contribution >= 4 is 17.3 Å². The number of hydrogen-bond donors (Lipinski definition) is 1. The molecule has 8 heteroatoms. The number of carbonyl (C=O) groups is 1. The van der Waals surface area contributed by atoms with Crippen molar-refractivity contribution < 1.29 is 9.72 Å². The van der Waals surface area contributed by atoms with Crippen molar-refractivity contribution in [3.63, 3.8) is 0 Å². The summed E-state index contributed by atoms with van der Waals surface area (Å²) in [5.41, 5.74) is 2.44. The van der Waals surface area contributed by atoms with Crippen LogP contribution in [0.5, 0.6) is 0 Å². The molecule has 0 spiro atoms. The first-order chi connectivity index (χ1) is 16.4. The van der Waals surface area contributed by atoms with Gasteiger partial charge >= 0.3 is 0 Å². The highest BCUT2D eigenvalue weighted by atomic mass is 16.6. The first-order valence-electron chi connectivity index (χ1n) is 10.7. The van der Waals surface area contributed by atoms with Crippen LogP contribution in [0.4, 0.5) is 11.4 Å². The van der Waals surface area contributed by atoms with Gasteiger partial charge in [-0.05, 0) is 25.0 Å². The van der Waals surface area contributed by atoms with E-state index < -0.39 is 16.4 Å². The molecule has 0 bridgehead atoms. The lowest BCUT2D eigenvalue weighted by Gasteiger charge is -2.17. The minimum absolute atomic E-state index is 0.0761. The number of nitro benzene ring substituents is 1. The van der Waals surface area contributed by atoms with E-state index >= 15 is 0 Å². The summed E-state index contributed by atoms with van der Waals surface area (Å²) >= 11 is 0. The second-order valence-corrected chi connectivity index (χ2v) is 7.66. The monoisotopic (exact) mass is 454 g/mol. The summed E-state index contributed by atoms with van der Waals surface area (Å²) in [7, 11) is 0. The molecule has 0 aliphatic rings. The van der Waals surface area contributed by atoms with E-state index in [9.17, 15) is 19.7 Å². The molecular weight excluding hydrogens is 432 g/mol. The van der Waals surface area contributed by atoms with Crippen molar-refractivity contribution in [1.82, 2.24) is 9.78 Å². The number of carbonyl (C=O) groups excluding carboxylic acids is 1. The van der Waals surface area contributed by atoms with Crippen LogP contribution in [0.15, 0.2) is 83.7 Å². The lowest BCUT2D eigenvalue weighted by molar-refractivity contribution is -0.384. The summed E-state index contributed by atoms with van der Waals surface area (Å²) in [6.45, 7) is 3.77. The van der Waals surface area contributed by atoms with E-state index in [0.29, 0.717) is 22.4 Å². The summed E-state index contributed by atoms with van der Waals surface area (Å²) in [5, 5.41) is 18.5. The Morgan fingerprint density at radius 3 is 2.21 bits per heavy atom. The molecule has 170 valence electrons. The fourth-order valence-corrected chi connectivity index (χ4v) is 3.72. The van der Waals surface area contributed by atoms with Gasteiger partial charge in [0.15, 0.2) is 0 Å². The van der Waals surface area contributed by atoms with Gasteiger partial charge in [0.05, 0.1) is 16.3 Å². The van der Waals surface area contributed by atoms with E-state index in [-0.39, 0.29) is 23.5 Å². The first-order valence-corrected chi connectivity index (χ1v) is 10.7. The molecule has 3 aromatic carbocycles. The smallest absolute Gasteiger partial charge is 0.280 e. The van der Waals surface area contributed by atoms with Gasteiger partial charge in [-0.1, -0.05) is 66.7 Å². The molecule has 1 aromatic heterocycles. The van der Waals surface area contributed by atoms with Gasteiger partial charge in [0.2, 0.25) is 0 Å². The molecule has 1 heterocycles. The van der Waals surface area contributed by atoms with Crippen LogP contribution < -0.4 is 10.9 Å². The van der Waals surface area contributed by atoms with Gasteiger partial charge in [-0.25, -0.2) is 4.68 Å². The van der Waals surface area contributed by atoms with Crippen molar-refractivity contribution in [2.24, 2.45) is 0 Å². The van der Waals surface area contributed by atoms with Crippen molar-refractivity contribution in [3.8, 4) is 22.4 Å². The Morgan fingerprint density at radius 1 is 1.00 bits per heavy atom. The zero-order chi connectivity index (χ0) is 24.2. The molecule has 4 rings (SSSR count). The number of rotatable bonds is 6. The third kappa shape index (κ3) is 4.33. The average Bonchev–Trinajstić information content (AvgIpc) is 2.85. The molecule has 0 saturated heterocycles. The molecule has 0 fully saturated rings. The number of aryl methyl sites for hydroxylation is 2. The van der Waals surface area contributed by atoms with Crippen LogP contribution in [0.2, 0.25) is 0 Å². The molecule has 0 unspecified atom stereocenters. The zero-order valence-electron chi connectivity index (χ0n) is 18.7. The van der Waals surface area contributed by atoms with Gasteiger partial charge < -0.3 is 5.32 Å². The lowest BCUT2D eigenvalue weighted by Crippen LogP contribution is -2.32. The molecule has 0 aliphatic carbocycles. The maximum atomic E-state index is 13.6. The number of nitro groups is 1. The summed E-state index contributed by atoms with van der Waals surface area (Å²) in [6, 6.07) is 22.7. The maximum Gasteiger partial charge on any atom is 0.280 e. The molecule has 34 heavy (non-hydrogen) atoms. The SMILES string of the molecule is CCn1nc(-c2ccccc2)c(-c2ccccc2)c(C(=O)Nc2cc([N+](=O)[O-])ccc2C)c1=O. The van der Waals surface area contributed by atoms with E-state index in [4.69, 9.17) is 0 Å². The summed E-state index contributed by atoms with van der Waals surface area (Å²) in [6.07, 6.45) is 0. The minimum atomic E-state index is -0.658. The molecule has 8 nitrogen and oxygen atoms in total. The van der Waals surface area contributed by atoms with Crippen LogP contribution in [0.1, 0.15) is 22.8 Å². The third-order valence-electron chi connectivity index (χ3n) is 5.47. The highest BCUT2D eigenvalue weighted by Gasteiger charge is 2.25. The number of amides is 1. The highest BCUT2D eigenvalue weighted by Crippen LogP contribution is 2.32. The van der Waals surface area contributed by atoms with E-state index in [0.717, 1.165) is 5.56 Å².